The summed E-state index contributed by atoms with van der Waals surface area (Å²) in [6.07, 6.45) is -1.52. The average Bonchev–Trinajstić information content (AvgIpc) is 3.30. The third kappa shape index (κ3) is 6.92. The summed E-state index contributed by atoms with van der Waals surface area (Å²) in [5, 5.41) is 13.3. The van der Waals surface area contributed by atoms with Crippen molar-refractivity contribution in [2.24, 2.45) is 0 Å². The molecule has 0 unspecified atom stereocenters. The van der Waals surface area contributed by atoms with E-state index < -0.39 is 35.0 Å². The fraction of sp³-hybridized carbons (Fsp3) is 0.409. The molecule has 32 heavy (non-hydrogen) atoms. The molecule has 1 amide bonds. The number of alkyl carbamates (subject to hydrolysis) is 1. The Hall–Kier alpha value is -2.66. The Morgan fingerprint density at radius 2 is 1.91 bits per heavy atom. The molecular formula is C22H27NO8S. The number of methoxy groups -OCH3 is 1. The second-order valence-corrected chi connectivity index (χ2v) is 8.93. The highest BCUT2D eigenvalue weighted by atomic mass is 32.2. The average molecular weight is 466 g/mol. The molecule has 1 aliphatic heterocycles. The summed E-state index contributed by atoms with van der Waals surface area (Å²) in [6.45, 7) is 0.298. The molecule has 0 radical (unpaired) electrons. The van der Waals surface area contributed by atoms with Crippen LogP contribution in [0.25, 0.3) is 0 Å². The van der Waals surface area contributed by atoms with Crippen LogP contribution in [0.3, 0.4) is 0 Å². The van der Waals surface area contributed by atoms with Gasteiger partial charge in [0.2, 0.25) is 0 Å². The smallest absolute Gasteiger partial charge is 0.407 e. The number of hydrogen-bond donors (Lipinski definition) is 2. The maximum Gasteiger partial charge on any atom is 0.407 e. The third-order valence-corrected chi connectivity index (χ3v) is 6.27. The van der Waals surface area contributed by atoms with Gasteiger partial charge in [0.05, 0.1) is 44.0 Å². The zero-order valence-electron chi connectivity index (χ0n) is 17.7. The highest BCUT2D eigenvalue weighted by molar-refractivity contribution is 7.86. The van der Waals surface area contributed by atoms with Gasteiger partial charge in [-0.25, -0.2) is 4.79 Å². The van der Waals surface area contributed by atoms with Crippen molar-refractivity contribution in [2.45, 2.75) is 36.0 Å². The minimum Gasteiger partial charge on any atom is -0.497 e. The highest BCUT2D eigenvalue weighted by Gasteiger charge is 2.27. The van der Waals surface area contributed by atoms with Gasteiger partial charge >= 0.3 is 6.09 Å². The van der Waals surface area contributed by atoms with Gasteiger partial charge in [0, 0.05) is 6.42 Å². The van der Waals surface area contributed by atoms with Crippen molar-refractivity contribution in [1.82, 2.24) is 5.32 Å². The first-order chi connectivity index (χ1) is 15.4. The van der Waals surface area contributed by atoms with Crippen molar-refractivity contribution < 1.29 is 36.7 Å². The molecule has 2 N–H and O–H groups in total. The van der Waals surface area contributed by atoms with Crippen molar-refractivity contribution >= 4 is 16.2 Å². The van der Waals surface area contributed by atoms with E-state index in [4.69, 9.17) is 18.4 Å². The Labute approximate surface area is 187 Å². The fourth-order valence-corrected chi connectivity index (χ4v) is 4.10. The molecule has 10 heteroatoms. The van der Waals surface area contributed by atoms with Crippen LogP contribution in [-0.2, 0) is 30.2 Å². The summed E-state index contributed by atoms with van der Waals surface area (Å²) in [7, 11) is -2.64. The molecule has 0 bridgehead atoms. The van der Waals surface area contributed by atoms with Gasteiger partial charge in [0.25, 0.3) is 10.1 Å². The quantitative estimate of drug-likeness (QED) is 0.511. The van der Waals surface area contributed by atoms with E-state index >= 15 is 0 Å². The molecule has 0 aliphatic carbocycles. The van der Waals surface area contributed by atoms with Crippen molar-refractivity contribution in [2.75, 3.05) is 26.9 Å². The first-order valence-corrected chi connectivity index (χ1v) is 11.6. The zero-order chi connectivity index (χ0) is 23.0. The number of aliphatic hydroxyl groups excluding tert-OH is 1. The molecule has 0 saturated carbocycles. The standard InChI is InChI=1S/C22H27NO8S/c1-28-17-7-9-19(10-8-17)32(26,27)30-15-21(24)20(13-16-5-3-2-4-6-16)23-22(25)31-18-11-12-29-14-18/h2-10,18,20-21,24H,11-15H2,1H3,(H,23,25)/t18-,20-,21+/m0/s1. The summed E-state index contributed by atoms with van der Waals surface area (Å²) >= 11 is 0. The highest BCUT2D eigenvalue weighted by Crippen LogP contribution is 2.18. The SMILES string of the molecule is COc1ccc(S(=O)(=O)OC[C@@H](O)[C@H](Cc2ccccc2)NC(=O)O[C@H]2CCOC2)cc1. The third-order valence-electron chi connectivity index (χ3n) is 4.97. The Bertz CT molecular complexity index is 959. The molecule has 174 valence electrons. The molecule has 3 atom stereocenters. The molecule has 1 saturated heterocycles. The van der Waals surface area contributed by atoms with Crippen molar-refractivity contribution in [3.8, 4) is 5.75 Å². The molecule has 2 aromatic rings. The van der Waals surface area contributed by atoms with Gasteiger partial charge in [0.1, 0.15) is 11.9 Å². The van der Waals surface area contributed by atoms with Gasteiger partial charge in [0.15, 0.2) is 0 Å². The number of ether oxygens (including phenoxy) is 3. The van der Waals surface area contributed by atoms with Crippen molar-refractivity contribution in [3.05, 3.63) is 60.2 Å². The van der Waals surface area contributed by atoms with E-state index in [1.165, 1.54) is 31.4 Å². The van der Waals surface area contributed by atoms with Crippen LogP contribution in [0.2, 0.25) is 0 Å². The molecule has 3 rings (SSSR count). The molecular weight excluding hydrogens is 438 g/mol. The first-order valence-electron chi connectivity index (χ1n) is 10.2. The lowest BCUT2D eigenvalue weighted by Crippen LogP contribution is -2.48. The lowest BCUT2D eigenvalue weighted by Gasteiger charge is -2.24. The van der Waals surface area contributed by atoms with E-state index in [9.17, 15) is 18.3 Å². The first kappa shape index (κ1) is 24.0. The van der Waals surface area contributed by atoms with Crippen molar-refractivity contribution in [1.29, 1.82) is 0 Å². The maximum absolute atomic E-state index is 12.5. The van der Waals surface area contributed by atoms with E-state index in [1.54, 1.807) is 0 Å². The monoisotopic (exact) mass is 465 g/mol. The zero-order valence-corrected chi connectivity index (χ0v) is 18.5. The minimum atomic E-state index is -4.11. The van der Waals surface area contributed by atoms with Crippen LogP contribution in [0, 0.1) is 0 Å². The van der Waals surface area contributed by atoms with Gasteiger partial charge in [-0.3, -0.25) is 4.18 Å². The van der Waals surface area contributed by atoms with Gasteiger partial charge in [-0.15, -0.1) is 0 Å². The van der Waals surface area contributed by atoms with E-state index in [0.717, 1.165) is 5.56 Å². The second-order valence-electron chi connectivity index (χ2n) is 7.31. The fourth-order valence-electron chi connectivity index (χ4n) is 3.18. The van der Waals surface area contributed by atoms with E-state index in [1.807, 2.05) is 30.3 Å². The van der Waals surface area contributed by atoms with Crippen LogP contribution >= 0.6 is 0 Å². The topological polar surface area (TPSA) is 120 Å². The van der Waals surface area contributed by atoms with Crippen molar-refractivity contribution in [3.63, 3.8) is 0 Å². The predicted octanol–water partition coefficient (Wildman–Crippen LogP) is 1.89. The van der Waals surface area contributed by atoms with E-state index in [2.05, 4.69) is 5.32 Å². The number of benzene rings is 2. The molecule has 9 nitrogen and oxygen atoms in total. The van der Waals surface area contributed by atoms with Crippen LogP contribution in [0.4, 0.5) is 4.79 Å². The van der Waals surface area contributed by atoms with Gasteiger partial charge < -0.3 is 24.6 Å². The number of carbonyl (C=O) groups excluding carboxylic acids is 1. The van der Waals surface area contributed by atoms with E-state index in [-0.39, 0.29) is 17.4 Å². The Kier molecular flexibility index (Phi) is 8.46. The number of rotatable bonds is 10. The molecule has 1 fully saturated rings. The van der Waals surface area contributed by atoms with Crippen LogP contribution in [0.5, 0.6) is 5.75 Å². The minimum absolute atomic E-state index is 0.0706. The lowest BCUT2D eigenvalue weighted by atomic mass is 10.0. The van der Waals surface area contributed by atoms with E-state index in [0.29, 0.717) is 25.4 Å². The molecule has 0 spiro atoms. The molecule has 1 aliphatic rings. The normalized spacial score (nSPS) is 18.0. The largest absolute Gasteiger partial charge is 0.497 e. The molecule has 1 heterocycles. The summed E-state index contributed by atoms with van der Waals surface area (Å²) in [6, 6.07) is 14.0. The number of amides is 1. The second kappa shape index (κ2) is 11.3. The number of hydrogen-bond acceptors (Lipinski definition) is 8. The number of aliphatic hydroxyl groups is 1. The number of carbonyl (C=O) groups is 1. The Morgan fingerprint density at radius 3 is 2.53 bits per heavy atom. The Morgan fingerprint density at radius 1 is 1.19 bits per heavy atom. The molecule has 0 aromatic heterocycles. The van der Waals surface area contributed by atoms with Gasteiger partial charge in [-0.2, -0.15) is 8.42 Å². The predicted molar refractivity (Wildman–Crippen MR) is 115 cm³/mol. The van der Waals surface area contributed by atoms with Crippen LogP contribution in [-0.4, -0.2) is 64.8 Å². The summed E-state index contributed by atoms with van der Waals surface area (Å²) in [5.41, 5.74) is 0.846. The maximum atomic E-state index is 12.5. The van der Waals surface area contributed by atoms with Crippen LogP contribution < -0.4 is 10.1 Å². The summed E-state index contributed by atoms with van der Waals surface area (Å²) in [4.78, 5) is 12.2. The van der Waals surface area contributed by atoms with Gasteiger partial charge in [-0.05, 0) is 36.2 Å². The molecule has 2 aromatic carbocycles. The lowest BCUT2D eigenvalue weighted by molar-refractivity contribution is 0.0549. The summed E-state index contributed by atoms with van der Waals surface area (Å²) < 4.78 is 45.5. The summed E-state index contributed by atoms with van der Waals surface area (Å²) in [5.74, 6) is 0.502. The Balaban J connectivity index is 1.64. The van der Waals surface area contributed by atoms with Gasteiger partial charge in [-0.1, -0.05) is 30.3 Å². The number of nitrogens with one attached hydrogen (secondary N) is 1. The van der Waals surface area contributed by atoms with Crippen LogP contribution in [0.1, 0.15) is 12.0 Å². The van der Waals surface area contributed by atoms with Crippen LogP contribution in [0.15, 0.2) is 59.5 Å².